The lowest BCUT2D eigenvalue weighted by molar-refractivity contribution is -0.136. The summed E-state index contributed by atoms with van der Waals surface area (Å²) >= 11 is 0. The number of carboxylic acids is 1. The van der Waals surface area contributed by atoms with Crippen molar-refractivity contribution in [1.82, 2.24) is 0 Å². The van der Waals surface area contributed by atoms with Crippen molar-refractivity contribution in [1.29, 1.82) is 0 Å². The molecule has 0 spiro atoms. The van der Waals surface area contributed by atoms with Crippen molar-refractivity contribution in [2.45, 2.75) is 50.0 Å². The van der Waals surface area contributed by atoms with E-state index in [4.69, 9.17) is 0 Å². The van der Waals surface area contributed by atoms with E-state index in [1.807, 2.05) is 30.3 Å². The van der Waals surface area contributed by atoms with Gasteiger partial charge in [0.15, 0.2) is 0 Å². The number of hydrogen-bond acceptors (Lipinski definition) is 2. The molecular formula is C17H24O3S. The Hall–Kier alpha value is -1.16. The van der Waals surface area contributed by atoms with Crippen molar-refractivity contribution in [3.8, 4) is 0 Å². The third-order valence-electron chi connectivity index (χ3n) is 4.70. The topological polar surface area (TPSA) is 54.4 Å². The minimum Gasteiger partial charge on any atom is -0.480 e. The van der Waals surface area contributed by atoms with Gasteiger partial charge in [-0.2, -0.15) is 0 Å². The van der Waals surface area contributed by atoms with Crippen molar-refractivity contribution in [3.63, 3.8) is 0 Å². The van der Waals surface area contributed by atoms with Gasteiger partial charge in [-0.1, -0.05) is 44.2 Å². The highest BCUT2D eigenvalue weighted by atomic mass is 32.2. The third-order valence-corrected chi connectivity index (χ3v) is 6.71. The van der Waals surface area contributed by atoms with Gasteiger partial charge in [0, 0.05) is 16.0 Å². The highest BCUT2D eigenvalue weighted by Gasteiger charge is 2.35. The second-order valence-corrected chi connectivity index (χ2v) is 8.13. The lowest BCUT2D eigenvalue weighted by Crippen LogP contribution is -2.37. The molecule has 0 radical (unpaired) electrons. The molecule has 1 aromatic rings. The fraction of sp³-hybridized carbons (Fsp3) is 0.588. The summed E-state index contributed by atoms with van der Waals surface area (Å²) in [5, 5.41) is 8.70. The van der Waals surface area contributed by atoms with E-state index in [9.17, 15) is 14.1 Å². The molecule has 3 nitrogen and oxygen atoms in total. The van der Waals surface area contributed by atoms with Gasteiger partial charge in [0.1, 0.15) is 5.25 Å². The first-order valence-corrected chi connectivity index (χ1v) is 8.92. The third kappa shape index (κ3) is 4.16. The van der Waals surface area contributed by atoms with Crippen LogP contribution in [-0.4, -0.2) is 25.8 Å². The van der Waals surface area contributed by atoms with Crippen LogP contribution in [0.25, 0.3) is 0 Å². The Kier molecular flexibility index (Phi) is 5.57. The van der Waals surface area contributed by atoms with Crippen LogP contribution < -0.4 is 0 Å². The Balaban J connectivity index is 2.08. The Morgan fingerprint density at radius 1 is 1.24 bits per heavy atom. The highest BCUT2D eigenvalue weighted by molar-refractivity contribution is 7.87. The van der Waals surface area contributed by atoms with Crippen molar-refractivity contribution in [2.75, 3.05) is 0 Å². The first-order chi connectivity index (χ1) is 9.99. The maximum absolute atomic E-state index is 12.7. The molecule has 0 amide bonds. The van der Waals surface area contributed by atoms with Crippen LogP contribution in [0.4, 0.5) is 0 Å². The molecular weight excluding hydrogens is 284 g/mol. The number of carbonyl (C=O) groups is 1. The molecule has 1 aromatic carbocycles. The summed E-state index contributed by atoms with van der Waals surface area (Å²) in [6, 6.07) is 9.49. The first-order valence-electron chi connectivity index (χ1n) is 7.65. The van der Waals surface area contributed by atoms with Crippen LogP contribution in [0.5, 0.6) is 0 Å². The minimum absolute atomic E-state index is 0.0287. The van der Waals surface area contributed by atoms with Crippen molar-refractivity contribution >= 4 is 16.8 Å². The molecule has 1 aliphatic rings. The fourth-order valence-electron chi connectivity index (χ4n) is 3.04. The van der Waals surface area contributed by atoms with Gasteiger partial charge in [-0.3, -0.25) is 9.00 Å². The molecule has 2 rings (SSSR count). The molecule has 1 N–H and O–H groups in total. The van der Waals surface area contributed by atoms with E-state index in [0.717, 1.165) is 24.8 Å². The molecule has 116 valence electrons. The van der Waals surface area contributed by atoms with Crippen LogP contribution in [0.2, 0.25) is 0 Å². The van der Waals surface area contributed by atoms with Crippen LogP contribution in [0.15, 0.2) is 30.3 Å². The summed E-state index contributed by atoms with van der Waals surface area (Å²) in [5.74, 6) is 0.234. The molecule has 0 aromatic heterocycles. The summed E-state index contributed by atoms with van der Waals surface area (Å²) in [6.45, 7) is 4.41. The van der Waals surface area contributed by atoms with Gasteiger partial charge in [0.05, 0.1) is 0 Å². The smallest absolute Gasteiger partial charge is 0.319 e. The first kappa shape index (κ1) is 16.2. The van der Waals surface area contributed by atoms with Gasteiger partial charge in [-0.05, 0) is 43.1 Å². The number of benzene rings is 1. The second kappa shape index (κ2) is 7.21. The van der Waals surface area contributed by atoms with Gasteiger partial charge in [-0.15, -0.1) is 0 Å². The van der Waals surface area contributed by atoms with Crippen molar-refractivity contribution < 1.29 is 14.1 Å². The van der Waals surface area contributed by atoms with Gasteiger partial charge in [0.2, 0.25) is 0 Å². The maximum Gasteiger partial charge on any atom is 0.319 e. The molecule has 0 bridgehead atoms. The summed E-state index contributed by atoms with van der Waals surface area (Å²) < 4.78 is 12.7. The lowest BCUT2D eigenvalue weighted by Gasteiger charge is -2.32. The van der Waals surface area contributed by atoms with E-state index >= 15 is 0 Å². The summed E-state index contributed by atoms with van der Waals surface area (Å²) in [7, 11) is -1.31. The SMILES string of the molecule is CC1CCC(S(=O)C(Cc2ccccc2)C(=O)O)CC1C. The van der Waals surface area contributed by atoms with Gasteiger partial charge < -0.3 is 5.11 Å². The van der Waals surface area contributed by atoms with E-state index in [1.54, 1.807) is 0 Å². The predicted octanol–water partition coefficient (Wildman–Crippen LogP) is 3.26. The maximum atomic E-state index is 12.7. The van der Waals surface area contributed by atoms with Crippen LogP contribution in [0, 0.1) is 11.8 Å². The van der Waals surface area contributed by atoms with E-state index in [-0.39, 0.29) is 5.25 Å². The van der Waals surface area contributed by atoms with E-state index in [2.05, 4.69) is 13.8 Å². The molecule has 1 aliphatic carbocycles. The van der Waals surface area contributed by atoms with E-state index in [1.165, 1.54) is 0 Å². The lowest BCUT2D eigenvalue weighted by atomic mass is 9.81. The van der Waals surface area contributed by atoms with Gasteiger partial charge >= 0.3 is 5.97 Å². The molecule has 4 heteroatoms. The van der Waals surface area contributed by atoms with Gasteiger partial charge in [0.25, 0.3) is 0 Å². The monoisotopic (exact) mass is 308 g/mol. The second-order valence-electron chi connectivity index (χ2n) is 6.23. The van der Waals surface area contributed by atoms with E-state index in [0.29, 0.717) is 18.3 Å². The number of carboxylic acid groups (broad SMARTS) is 1. The van der Waals surface area contributed by atoms with Crippen LogP contribution >= 0.6 is 0 Å². The Morgan fingerprint density at radius 3 is 2.48 bits per heavy atom. The zero-order valence-corrected chi connectivity index (χ0v) is 13.5. The molecule has 1 saturated carbocycles. The summed E-state index contributed by atoms with van der Waals surface area (Å²) in [4.78, 5) is 11.5. The summed E-state index contributed by atoms with van der Waals surface area (Å²) in [6.07, 6.45) is 3.17. The molecule has 0 heterocycles. The molecule has 1 fully saturated rings. The Morgan fingerprint density at radius 2 is 1.90 bits per heavy atom. The highest BCUT2D eigenvalue weighted by Crippen LogP contribution is 2.33. The molecule has 21 heavy (non-hydrogen) atoms. The predicted molar refractivity (Wildman–Crippen MR) is 85.7 cm³/mol. The van der Waals surface area contributed by atoms with Crippen molar-refractivity contribution in [2.24, 2.45) is 11.8 Å². The van der Waals surface area contributed by atoms with E-state index < -0.39 is 22.0 Å². The number of hydrogen-bond donors (Lipinski definition) is 1. The average Bonchev–Trinajstić information content (AvgIpc) is 2.47. The van der Waals surface area contributed by atoms with Crippen LogP contribution in [-0.2, 0) is 22.0 Å². The number of rotatable bonds is 5. The quantitative estimate of drug-likeness (QED) is 0.908. The molecule has 0 aliphatic heterocycles. The Labute approximate surface area is 129 Å². The summed E-state index contributed by atoms with van der Waals surface area (Å²) in [5.41, 5.74) is 0.940. The largest absolute Gasteiger partial charge is 0.480 e. The Bertz CT molecular complexity index is 500. The normalized spacial score (nSPS) is 28.8. The molecule has 5 atom stereocenters. The zero-order valence-electron chi connectivity index (χ0n) is 12.7. The standard InChI is InChI=1S/C17H24O3S/c1-12-8-9-15(10-13(12)2)21(20)16(17(18)19)11-14-6-4-3-5-7-14/h3-7,12-13,15-16H,8-11H2,1-2H3,(H,18,19). The fourth-order valence-corrected chi connectivity index (χ4v) is 4.92. The zero-order chi connectivity index (χ0) is 15.4. The molecule has 5 unspecified atom stereocenters. The molecule has 0 saturated heterocycles. The van der Waals surface area contributed by atoms with Gasteiger partial charge in [-0.25, -0.2) is 0 Å². The average molecular weight is 308 g/mol. The number of aliphatic carboxylic acids is 1. The van der Waals surface area contributed by atoms with Crippen molar-refractivity contribution in [3.05, 3.63) is 35.9 Å². The van der Waals surface area contributed by atoms with Crippen LogP contribution in [0.1, 0.15) is 38.7 Å². The van der Waals surface area contributed by atoms with Crippen LogP contribution in [0.3, 0.4) is 0 Å². The minimum atomic E-state index is -1.31.